The van der Waals surface area contributed by atoms with Crippen LogP contribution in [0.15, 0.2) is 60.8 Å². The van der Waals surface area contributed by atoms with E-state index in [9.17, 15) is 4.79 Å². The van der Waals surface area contributed by atoms with Crippen molar-refractivity contribution in [2.24, 2.45) is 0 Å². The highest BCUT2D eigenvalue weighted by molar-refractivity contribution is 5.90. The topological polar surface area (TPSA) is 73.4 Å². The van der Waals surface area contributed by atoms with Crippen LogP contribution < -0.4 is 15.5 Å². The average Bonchev–Trinajstić information content (AvgIpc) is 2.85. The lowest BCUT2D eigenvalue weighted by atomic mass is 10.1. The molecule has 1 aliphatic heterocycles. The highest BCUT2D eigenvalue weighted by Crippen LogP contribution is 2.23. The Bertz CT molecular complexity index is 1040. The van der Waals surface area contributed by atoms with Crippen LogP contribution in [0.1, 0.15) is 26.7 Å². The van der Waals surface area contributed by atoms with E-state index in [1.165, 1.54) is 5.69 Å². The van der Waals surface area contributed by atoms with Crippen molar-refractivity contribution >= 4 is 28.9 Å². The normalized spacial score (nSPS) is 14.2. The summed E-state index contributed by atoms with van der Waals surface area (Å²) in [7, 11) is 0. The summed E-state index contributed by atoms with van der Waals surface area (Å²) < 4.78 is 0. The van der Waals surface area contributed by atoms with Gasteiger partial charge in [0.25, 0.3) is 0 Å². The van der Waals surface area contributed by atoms with Gasteiger partial charge in [-0.15, -0.1) is 0 Å². The number of hydrogen-bond acceptors (Lipinski definition) is 6. The Hall–Kier alpha value is -3.45. The highest BCUT2D eigenvalue weighted by atomic mass is 16.1. The number of carbonyl (C=O) groups excluding carboxylic acids is 1. The van der Waals surface area contributed by atoms with Crippen LogP contribution in [0.5, 0.6) is 0 Å². The van der Waals surface area contributed by atoms with E-state index in [0.29, 0.717) is 12.4 Å². The molecule has 2 aromatic carbocycles. The zero-order valence-electron chi connectivity index (χ0n) is 19.4. The first kappa shape index (κ1) is 22.7. The second-order valence-corrected chi connectivity index (χ2v) is 8.23. The molecular formula is C26H32N6O. The summed E-state index contributed by atoms with van der Waals surface area (Å²) in [5.41, 5.74) is 4.79. The molecule has 1 fully saturated rings. The van der Waals surface area contributed by atoms with Crippen LogP contribution in [-0.2, 0) is 4.79 Å². The minimum absolute atomic E-state index is 0.0352. The molecule has 0 bridgehead atoms. The first-order valence-corrected chi connectivity index (χ1v) is 11.7. The molecule has 1 saturated heterocycles. The van der Waals surface area contributed by atoms with Crippen LogP contribution in [-0.4, -0.2) is 53.5 Å². The third-order valence-electron chi connectivity index (χ3n) is 5.91. The molecule has 1 amide bonds. The van der Waals surface area contributed by atoms with Gasteiger partial charge in [0.1, 0.15) is 0 Å². The standard InChI is InChI=1S/C26H32N6O/c1-3-5-25(33)28-21-8-6-20(7-9-21)24-14-15-27-26(30-24)29-22-10-12-23(13-11-22)32-18-16-31(4-2)17-19-32/h6-15H,3-5,16-19H2,1-2H3,(H,28,33)(H,27,29,30). The molecule has 1 aliphatic rings. The Balaban J connectivity index is 1.38. The maximum absolute atomic E-state index is 11.8. The molecule has 2 N–H and O–H groups in total. The molecule has 1 aromatic heterocycles. The number of hydrogen-bond donors (Lipinski definition) is 2. The van der Waals surface area contributed by atoms with Crippen molar-refractivity contribution in [3.8, 4) is 11.3 Å². The maximum Gasteiger partial charge on any atom is 0.227 e. The number of nitrogens with zero attached hydrogens (tertiary/aromatic N) is 4. The predicted molar refractivity (Wildman–Crippen MR) is 135 cm³/mol. The number of aromatic nitrogens is 2. The lowest BCUT2D eigenvalue weighted by molar-refractivity contribution is -0.116. The Kier molecular flexibility index (Phi) is 7.52. The van der Waals surface area contributed by atoms with E-state index in [-0.39, 0.29) is 5.91 Å². The first-order valence-electron chi connectivity index (χ1n) is 11.7. The van der Waals surface area contributed by atoms with E-state index < -0.39 is 0 Å². The first-order chi connectivity index (χ1) is 16.1. The largest absolute Gasteiger partial charge is 0.369 e. The predicted octanol–water partition coefficient (Wildman–Crippen LogP) is 4.77. The van der Waals surface area contributed by atoms with Gasteiger partial charge in [-0.2, -0.15) is 0 Å². The van der Waals surface area contributed by atoms with Crippen molar-refractivity contribution in [2.75, 3.05) is 48.3 Å². The number of piperazine rings is 1. The summed E-state index contributed by atoms with van der Waals surface area (Å²) in [6.45, 7) is 9.68. The van der Waals surface area contributed by atoms with Crippen molar-refractivity contribution in [1.82, 2.24) is 14.9 Å². The van der Waals surface area contributed by atoms with Gasteiger partial charge in [-0.25, -0.2) is 9.97 Å². The number of likely N-dealkylation sites (N-methyl/N-ethyl adjacent to an activating group) is 1. The summed E-state index contributed by atoms with van der Waals surface area (Å²) in [5, 5.41) is 6.21. The maximum atomic E-state index is 11.8. The number of nitrogens with one attached hydrogen (secondary N) is 2. The summed E-state index contributed by atoms with van der Waals surface area (Å²) in [6, 6.07) is 18.1. The van der Waals surface area contributed by atoms with Crippen LogP contribution in [0.4, 0.5) is 23.0 Å². The Morgan fingerprint density at radius 1 is 0.909 bits per heavy atom. The van der Waals surface area contributed by atoms with Gasteiger partial charge in [0.2, 0.25) is 11.9 Å². The molecule has 2 heterocycles. The van der Waals surface area contributed by atoms with Crippen molar-refractivity contribution in [2.45, 2.75) is 26.7 Å². The lowest BCUT2D eigenvalue weighted by Crippen LogP contribution is -2.46. The van der Waals surface area contributed by atoms with E-state index >= 15 is 0 Å². The van der Waals surface area contributed by atoms with E-state index in [4.69, 9.17) is 0 Å². The smallest absolute Gasteiger partial charge is 0.227 e. The molecule has 4 rings (SSSR count). The molecule has 0 unspecified atom stereocenters. The van der Waals surface area contributed by atoms with Crippen LogP contribution in [0.25, 0.3) is 11.3 Å². The molecule has 172 valence electrons. The highest BCUT2D eigenvalue weighted by Gasteiger charge is 2.15. The van der Waals surface area contributed by atoms with Crippen LogP contribution in [0.2, 0.25) is 0 Å². The monoisotopic (exact) mass is 444 g/mol. The van der Waals surface area contributed by atoms with Gasteiger partial charge >= 0.3 is 0 Å². The Morgan fingerprint density at radius 3 is 2.27 bits per heavy atom. The van der Waals surface area contributed by atoms with Crippen molar-refractivity contribution in [1.29, 1.82) is 0 Å². The zero-order valence-corrected chi connectivity index (χ0v) is 19.4. The molecule has 33 heavy (non-hydrogen) atoms. The van der Waals surface area contributed by atoms with Gasteiger partial charge in [0.05, 0.1) is 5.69 Å². The van der Waals surface area contributed by atoms with Gasteiger partial charge in [0, 0.05) is 61.4 Å². The fourth-order valence-electron chi connectivity index (χ4n) is 3.96. The van der Waals surface area contributed by atoms with Crippen molar-refractivity contribution in [3.05, 3.63) is 60.8 Å². The Labute approximate surface area is 195 Å². The number of amides is 1. The summed E-state index contributed by atoms with van der Waals surface area (Å²) in [6.07, 6.45) is 3.11. The van der Waals surface area contributed by atoms with Crippen LogP contribution >= 0.6 is 0 Å². The fraction of sp³-hybridized carbons (Fsp3) is 0.346. The zero-order chi connectivity index (χ0) is 23.0. The van der Waals surface area contributed by atoms with E-state index in [1.807, 2.05) is 37.3 Å². The SMILES string of the molecule is CCCC(=O)Nc1ccc(-c2ccnc(Nc3ccc(N4CCN(CC)CC4)cc3)n2)cc1. The van der Waals surface area contributed by atoms with Crippen molar-refractivity contribution < 1.29 is 4.79 Å². The molecule has 7 heteroatoms. The van der Waals surface area contributed by atoms with Crippen LogP contribution in [0, 0.1) is 0 Å². The van der Waals surface area contributed by atoms with Crippen molar-refractivity contribution in [3.63, 3.8) is 0 Å². The molecule has 3 aromatic rings. The fourth-order valence-corrected chi connectivity index (χ4v) is 3.96. The quantitative estimate of drug-likeness (QED) is 0.522. The summed E-state index contributed by atoms with van der Waals surface area (Å²) >= 11 is 0. The number of rotatable bonds is 8. The number of carbonyl (C=O) groups is 1. The van der Waals surface area contributed by atoms with E-state index in [2.05, 4.69) is 61.6 Å². The lowest BCUT2D eigenvalue weighted by Gasteiger charge is -2.35. The molecular weight excluding hydrogens is 412 g/mol. The molecule has 0 radical (unpaired) electrons. The van der Waals surface area contributed by atoms with Gasteiger partial charge < -0.3 is 20.4 Å². The van der Waals surface area contributed by atoms with Crippen LogP contribution in [0.3, 0.4) is 0 Å². The van der Waals surface area contributed by atoms with Gasteiger partial charge in [-0.1, -0.05) is 26.0 Å². The van der Waals surface area contributed by atoms with Gasteiger partial charge in [-0.05, 0) is 55.4 Å². The minimum atomic E-state index is 0.0352. The third-order valence-corrected chi connectivity index (χ3v) is 5.91. The average molecular weight is 445 g/mol. The molecule has 0 aliphatic carbocycles. The second-order valence-electron chi connectivity index (χ2n) is 8.23. The second kappa shape index (κ2) is 10.9. The minimum Gasteiger partial charge on any atom is -0.369 e. The molecule has 7 nitrogen and oxygen atoms in total. The number of anilines is 4. The molecule has 0 spiro atoms. The molecule has 0 atom stereocenters. The Morgan fingerprint density at radius 2 is 1.61 bits per heavy atom. The third kappa shape index (κ3) is 6.08. The van der Waals surface area contributed by atoms with Gasteiger partial charge in [-0.3, -0.25) is 4.79 Å². The summed E-state index contributed by atoms with van der Waals surface area (Å²) in [4.78, 5) is 25.7. The number of benzene rings is 2. The van der Waals surface area contributed by atoms with E-state index in [1.54, 1.807) is 6.20 Å². The molecule has 0 saturated carbocycles. The van der Waals surface area contributed by atoms with Gasteiger partial charge in [0.15, 0.2) is 0 Å². The van der Waals surface area contributed by atoms with E-state index in [0.717, 1.165) is 61.8 Å². The summed E-state index contributed by atoms with van der Waals surface area (Å²) in [5.74, 6) is 0.588.